The number of nitrogens with one attached hydrogen (secondary N) is 1. The molecule has 4 aromatic carbocycles. The summed E-state index contributed by atoms with van der Waals surface area (Å²) in [6.45, 7) is 0.271. The molecule has 0 amide bonds. The summed E-state index contributed by atoms with van der Waals surface area (Å²) in [4.78, 5) is 67.3. The molecule has 0 aromatic heterocycles. The number of carbonyl (C=O) groups is 1. The summed E-state index contributed by atoms with van der Waals surface area (Å²) >= 11 is 0. The molecule has 0 bridgehead atoms. The van der Waals surface area contributed by atoms with E-state index >= 15 is 0 Å². The van der Waals surface area contributed by atoms with Crippen molar-refractivity contribution in [1.82, 2.24) is 0 Å². The maximum atomic E-state index is 11.8. The number of nitrogens with two attached hydrogens (primary N) is 1. The van der Waals surface area contributed by atoms with Crippen molar-refractivity contribution >= 4 is 51.3 Å². The van der Waals surface area contributed by atoms with E-state index in [9.17, 15) is 65.5 Å². The highest BCUT2D eigenvalue weighted by atomic mass is 16.7. The number of hydrogen-bond donors (Lipinski definition) is 4. The monoisotopic (exact) mass is 684 g/mol. The Bertz CT molecular complexity index is 1790. The van der Waals surface area contributed by atoms with Crippen molar-refractivity contribution in [3.8, 4) is 11.5 Å². The molecule has 0 aliphatic rings. The van der Waals surface area contributed by atoms with Crippen molar-refractivity contribution in [3.63, 3.8) is 0 Å². The summed E-state index contributed by atoms with van der Waals surface area (Å²) in [5.41, 5.74) is 1.90. The van der Waals surface area contributed by atoms with Crippen LogP contribution in [0.5, 0.6) is 11.5 Å². The van der Waals surface area contributed by atoms with Crippen LogP contribution in [-0.4, -0.2) is 52.1 Å². The van der Waals surface area contributed by atoms with Gasteiger partial charge in [-0.2, -0.15) is 0 Å². The smallest absolute Gasteiger partial charge is 0.324 e. The molecule has 4 rings (SSSR count). The molecular weight excluding hydrogens is 664 g/mol. The molecule has 5 N–H and O–H groups in total. The Morgan fingerprint density at radius 3 is 1.29 bits per heavy atom. The van der Waals surface area contributed by atoms with Gasteiger partial charge in [-0.3, -0.25) is 65.5 Å². The zero-order valence-electron chi connectivity index (χ0n) is 24.2. The minimum absolute atomic E-state index is 0.0630. The normalized spacial score (nSPS) is 9.80. The van der Waals surface area contributed by atoms with E-state index in [-0.39, 0.29) is 12.3 Å². The van der Waals surface area contributed by atoms with Gasteiger partial charge in [-0.05, 0) is 18.2 Å². The molecule has 4 aromatic rings. The molecule has 0 heterocycles. The number of phenols is 2. The van der Waals surface area contributed by atoms with Gasteiger partial charge in [-0.15, -0.1) is 0 Å². The van der Waals surface area contributed by atoms with Gasteiger partial charge >= 0.3 is 22.7 Å². The van der Waals surface area contributed by atoms with E-state index in [4.69, 9.17) is 15.9 Å². The first kappa shape index (κ1) is 37.3. The molecule has 23 heteroatoms. The summed E-state index contributed by atoms with van der Waals surface area (Å²) in [5, 5.41) is 83.5. The number of nitrogen functional groups attached to an aromatic ring is 1. The molecule has 0 fully saturated rings. The lowest BCUT2D eigenvalue weighted by atomic mass is 10.1. The number of non-ortho nitro benzene ring substituents is 2. The molecule has 0 aliphatic heterocycles. The second-order valence-corrected chi connectivity index (χ2v) is 8.98. The number of ketones is 1. The molecule has 0 unspecified atom stereocenters. The molecule has 0 atom stereocenters. The van der Waals surface area contributed by atoms with Gasteiger partial charge in [0.25, 0.3) is 22.9 Å². The number of nitro benzene ring substituents is 6. The van der Waals surface area contributed by atoms with Crippen LogP contribution < -0.4 is 11.1 Å². The van der Waals surface area contributed by atoms with Crippen LogP contribution in [0.3, 0.4) is 0 Å². The molecule has 0 radical (unpaired) electrons. The minimum atomic E-state index is -1.21. The molecular formula is C26H20N8O15. The molecule has 254 valence electrons. The van der Waals surface area contributed by atoms with Crippen LogP contribution in [0.4, 0.5) is 45.5 Å². The predicted octanol–water partition coefficient (Wildman–Crippen LogP) is 4.80. The van der Waals surface area contributed by atoms with Gasteiger partial charge in [0.05, 0.1) is 60.4 Å². The van der Waals surface area contributed by atoms with Crippen molar-refractivity contribution < 1.29 is 44.5 Å². The van der Waals surface area contributed by atoms with Crippen LogP contribution >= 0.6 is 0 Å². The highest BCUT2D eigenvalue weighted by molar-refractivity contribution is 5.98. The first-order valence-corrected chi connectivity index (χ1v) is 12.7. The fourth-order valence-corrected chi connectivity index (χ4v) is 3.50. The number of nitrogens with zero attached hydrogens (tertiary/aromatic N) is 6. The lowest BCUT2D eigenvalue weighted by molar-refractivity contribution is -0.404. The van der Waals surface area contributed by atoms with Gasteiger partial charge in [-0.1, -0.05) is 36.4 Å². The first-order valence-electron chi connectivity index (χ1n) is 12.7. The van der Waals surface area contributed by atoms with Crippen LogP contribution in [0.25, 0.3) is 0 Å². The number of hydrogen-bond acceptors (Lipinski definition) is 17. The average Bonchev–Trinajstić information content (AvgIpc) is 3.04. The Labute approximate surface area is 270 Å². The summed E-state index contributed by atoms with van der Waals surface area (Å²) < 4.78 is 0. The van der Waals surface area contributed by atoms with Gasteiger partial charge in [0.1, 0.15) is 0 Å². The summed E-state index contributed by atoms with van der Waals surface area (Å²) in [6, 6.07) is 18.4. The Hall–Kier alpha value is -7.85. The Kier molecular flexibility index (Phi) is 12.5. The number of phenolic OH excluding ortho intramolecular Hbond substituents is 2. The summed E-state index contributed by atoms with van der Waals surface area (Å²) in [5.74, 6) is -2.35. The maximum Gasteiger partial charge on any atom is 0.324 e. The second-order valence-electron chi connectivity index (χ2n) is 8.98. The van der Waals surface area contributed by atoms with E-state index in [1.807, 2.05) is 48.5 Å². The second kappa shape index (κ2) is 16.5. The molecule has 0 saturated carbocycles. The quantitative estimate of drug-likeness (QED) is 0.0753. The third-order valence-electron chi connectivity index (χ3n) is 5.75. The molecule has 0 aliphatic carbocycles. The number of rotatable bonds is 10. The number of Topliss-reactive ketones (excluding diaryl/α,β-unsaturated/α-hetero) is 1. The standard InChI is InChI=1S/C14H14N2O.2C6H3N3O7/c15-12-7-4-8-13(9-12)16-10-14(17)11-5-2-1-3-6-11;2*10-6-4(8(13)14)1-3(7(11)12)2-5(6)9(15)16/h1-9,16H,10,15H2;2*1-2,10H. The highest BCUT2D eigenvalue weighted by Gasteiger charge is 2.31. The largest absolute Gasteiger partial charge is 0.497 e. The molecule has 0 saturated heterocycles. The number of aromatic hydroxyl groups is 2. The van der Waals surface area contributed by atoms with E-state index in [1.54, 1.807) is 6.07 Å². The SMILES string of the molecule is Nc1cccc(NCC(=O)c2ccccc2)c1.O=[N+]([O-])c1cc([N+](=O)[O-])c(O)c([N+](=O)[O-])c1.O=[N+]([O-])c1cc([N+](=O)[O-])c(O)c([N+](=O)[O-])c1. The zero-order valence-corrected chi connectivity index (χ0v) is 24.2. The third kappa shape index (κ3) is 10.3. The number of carbonyl (C=O) groups excluding carboxylic acids is 1. The van der Waals surface area contributed by atoms with Gasteiger partial charge in [-0.25, -0.2) is 0 Å². The van der Waals surface area contributed by atoms with Gasteiger partial charge in [0.15, 0.2) is 5.78 Å². The minimum Gasteiger partial charge on any atom is -0.497 e. The molecule has 23 nitrogen and oxygen atoms in total. The van der Waals surface area contributed by atoms with Crippen LogP contribution in [0, 0.1) is 60.7 Å². The number of nitro groups is 6. The van der Waals surface area contributed by atoms with Gasteiger partial charge in [0, 0.05) is 16.9 Å². The molecule has 0 spiro atoms. The van der Waals surface area contributed by atoms with Crippen molar-refractivity contribution in [2.45, 2.75) is 0 Å². The maximum absolute atomic E-state index is 11.8. The Morgan fingerprint density at radius 1 is 0.571 bits per heavy atom. The van der Waals surface area contributed by atoms with Gasteiger partial charge < -0.3 is 21.3 Å². The lowest BCUT2D eigenvalue weighted by Crippen LogP contribution is -2.13. The van der Waals surface area contributed by atoms with Crippen molar-refractivity contribution in [2.24, 2.45) is 0 Å². The van der Waals surface area contributed by atoms with Crippen molar-refractivity contribution in [1.29, 1.82) is 0 Å². The zero-order chi connectivity index (χ0) is 37.0. The van der Waals surface area contributed by atoms with Crippen molar-refractivity contribution in [3.05, 3.63) is 145 Å². The van der Waals surface area contributed by atoms with Crippen LogP contribution in [0.2, 0.25) is 0 Å². The lowest BCUT2D eigenvalue weighted by Gasteiger charge is -2.06. The van der Waals surface area contributed by atoms with E-state index < -0.39 is 75.2 Å². The number of anilines is 2. The molecule has 49 heavy (non-hydrogen) atoms. The first-order chi connectivity index (χ1) is 22.9. The van der Waals surface area contributed by atoms with Crippen LogP contribution in [-0.2, 0) is 0 Å². The van der Waals surface area contributed by atoms with Crippen molar-refractivity contribution in [2.75, 3.05) is 17.6 Å². The van der Waals surface area contributed by atoms with E-state index in [0.717, 1.165) is 5.69 Å². The summed E-state index contributed by atoms with van der Waals surface area (Å²) in [7, 11) is 0. The fraction of sp³-hybridized carbons (Fsp3) is 0.0385. The number of benzene rings is 4. The van der Waals surface area contributed by atoms with Crippen LogP contribution in [0.1, 0.15) is 10.4 Å². The Morgan fingerprint density at radius 2 is 0.959 bits per heavy atom. The fourth-order valence-electron chi connectivity index (χ4n) is 3.50. The van der Waals surface area contributed by atoms with E-state index in [2.05, 4.69) is 5.32 Å². The average molecular weight is 684 g/mol. The third-order valence-corrected chi connectivity index (χ3v) is 5.75. The van der Waals surface area contributed by atoms with E-state index in [1.165, 1.54) is 0 Å². The van der Waals surface area contributed by atoms with Gasteiger partial charge in [0.2, 0.25) is 0 Å². The van der Waals surface area contributed by atoms with Crippen LogP contribution in [0.15, 0.2) is 78.9 Å². The predicted molar refractivity (Wildman–Crippen MR) is 166 cm³/mol. The highest BCUT2D eigenvalue weighted by Crippen LogP contribution is 2.40. The summed E-state index contributed by atoms with van der Waals surface area (Å²) in [6.07, 6.45) is 0. The topological polar surface area (TPSA) is 354 Å². The Balaban J connectivity index is 0.000000255. The van der Waals surface area contributed by atoms with E-state index in [0.29, 0.717) is 35.5 Å².